The number of nitrogens with one attached hydrogen (secondary N) is 2. The van der Waals surface area contributed by atoms with Gasteiger partial charge in [-0.25, -0.2) is 13.4 Å². The van der Waals surface area contributed by atoms with Crippen LogP contribution in [0.5, 0.6) is 0 Å². The highest BCUT2D eigenvalue weighted by molar-refractivity contribution is 7.93. The molecule has 5 nitrogen and oxygen atoms in total. The molecule has 0 amide bonds. The highest BCUT2D eigenvalue weighted by atomic mass is 32.2. The van der Waals surface area contributed by atoms with Crippen LogP contribution in [-0.2, 0) is 10.0 Å². The molecule has 1 heterocycles. The van der Waals surface area contributed by atoms with Gasteiger partial charge >= 0.3 is 0 Å². The Hall–Kier alpha value is -1.60. The number of anilines is 2. The molecular weight excluding hydrogens is 306 g/mol. The SMILES string of the molecule is CCNc1ccc(S(=O)(=O)Nc2nc(C3CC3)cs2)cc1. The van der Waals surface area contributed by atoms with Gasteiger partial charge < -0.3 is 5.32 Å². The Balaban J connectivity index is 1.75. The summed E-state index contributed by atoms with van der Waals surface area (Å²) >= 11 is 1.34. The van der Waals surface area contributed by atoms with Crippen molar-refractivity contribution in [3.8, 4) is 0 Å². The number of nitrogens with zero attached hydrogens (tertiary/aromatic N) is 1. The summed E-state index contributed by atoms with van der Waals surface area (Å²) in [6.45, 7) is 2.79. The van der Waals surface area contributed by atoms with Crippen molar-refractivity contribution >= 4 is 32.2 Å². The van der Waals surface area contributed by atoms with Crippen LogP contribution in [0.3, 0.4) is 0 Å². The van der Waals surface area contributed by atoms with Crippen LogP contribution in [-0.4, -0.2) is 19.9 Å². The van der Waals surface area contributed by atoms with Crippen LogP contribution in [0.1, 0.15) is 31.4 Å². The van der Waals surface area contributed by atoms with Gasteiger partial charge in [-0.15, -0.1) is 11.3 Å². The van der Waals surface area contributed by atoms with Gasteiger partial charge in [0, 0.05) is 23.5 Å². The molecular formula is C14H17N3O2S2. The summed E-state index contributed by atoms with van der Waals surface area (Å²) in [6, 6.07) is 6.70. The molecule has 1 aromatic heterocycles. The fourth-order valence-corrected chi connectivity index (χ4v) is 4.07. The fourth-order valence-electron chi connectivity index (χ4n) is 2.03. The third-order valence-electron chi connectivity index (χ3n) is 3.28. The zero-order chi connectivity index (χ0) is 14.9. The van der Waals surface area contributed by atoms with Crippen LogP contribution in [0.15, 0.2) is 34.5 Å². The van der Waals surface area contributed by atoms with Gasteiger partial charge in [0.2, 0.25) is 0 Å². The quantitative estimate of drug-likeness (QED) is 0.856. The van der Waals surface area contributed by atoms with E-state index in [2.05, 4.69) is 15.0 Å². The minimum absolute atomic E-state index is 0.243. The van der Waals surface area contributed by atoms with Gasteiger partial charge in [-0.2, -0.15) is 0 Å². The van der Waals surface area contributed by atoms with Crippen LogP contribution >= 0.6 is 11.3 Å². The summed E-state index contributed by atoms with van der Waals surface area (Å²) in [5.41, 5.74) is 1.90. The van der Waals surface area contributed by atoms with Crippen molar-refractivity contribution in [1.82, 2.24) is 4.98 Å². The Morgan fingerprint density at radius 1 is 1.29 bits per heavy atom. The van der Waals surface area contributed by atoms with Crippen molar-refractivity contribution < 1.29 is 8.42 Å². The molecule has 2 N–H and O–H groups in total. The smallest absolute Gasteiger partial charge is 0.263 e. The predicted octanol–water partition coefficient (Wildman–Crippen LogP) is 3.25. The van der Waals surface area contributed by atoms with Gasteiger partial charge in [0.05, 0.1) is 10.6 Å². The summed E-state index contributed by atoms with van der Waals surface area (Å²) in [5, 5.41) is 5.51. The molecule has 0 saturated heterocycles. The predicted molar refractivity (Wildman–Crippen MR) is 85.5 cm³/mol. The monoisotopic (exact) mass is 323 g/mol. The molecule has 0 unspecified atom stereocenters. The van der Waals surface area contributed by atoms with Gasteiger partial charge in [0.1, 0.15) is 0 Å². The summed E-state index contributed by atoms with van der Waals surface area (Å²) in [7, 11) is -3.57. The van der Waals surface area contributed by atoms with Crippen molar-refractivity contribution in [2.45, 2.75) is 30.6 Å². The number of thiazole rings is 1. The molecule has 1 saturated carbocycles. The maximum atomic E-state index is 12.3. The zero-order valence-corrected chi connectivity index (χ0v) is 13.3. The zero-order valence-electron chi connectivity index (χ0n) is 11.7. The molecule has 1 fully saturated rings. The van der Waals surface area contributed by atoms with E-state index < -0.39 is 10.0 Å². The number of sulfonamides is 1. The molecule has 7 heteroatoms. The summed E-state index contributed by atoms with van der Waals surface area (Å²) in [4.78, 5) is 4.59. The molecule has 0 radical (unpaired) electrons. The lowest BCUT2D eigenvalue weighted by Gasteiger charge is -2.07. The van der Waals surface area contributed by atoms with E-state index in [-0.39, 0.29) is 4.90 Å². The van der Waals surface area contributed by atoms with E-state index in [0.29, 0.717) is 11.0 Å². The van der Waals surface area contributed by atoms with E-state index in [1.807, 2.05) is 12.3 Å². The lowest BCUT2D eigenvalue weighted by molar-refractivity contribution is 0.601. The Morgan fingerprint density at radius 3 is 2.62 bits per heavy atom. The largest absolute Gasteiger partial charge is 0.385 e. The lowest BCUT2D eigenvalue weighted by atomic mass is 10.3. The van der Waals surface area contributed by atoms with Gasteiger partial charge in [-0.05, 0) is 44.0 Å². The molecule has 0 bridgehead atoms. The topological polar surface area (TPSA) is 71.1 Å². The van der Waals surface area contributed by atoms with Crippen LogP contribution in [0, 0.1) is 0 Å². The normalized spacial score (nSPS) is 14.9. The maximum Gasteiger partial charge on any atom is 0.263 e. The number of hydrogen-bond acceptors (Lipinski definition) is 5. The third-order valence-corrected chi connectivity index (χ3v) is 5.54. The Labute approximate surface area is 128 Å². The molecule has 112 valence electrons. The van der Waals surface area contributed by atoms with E-state index in [1.165, 1.54) is 11.3 Å². The first-order chi connectivity index (χ1) is 10.1. The van der Waals surface area contributed by atoms with E-state index in [4.69, 9.17) is 0 Å². The molecule has 0 aliphatic heterocycles. The van der Waals surface area contributed by atoms with E-state index >= 15 is 0 Å². The first-order valence-corrected chi connectivity index (χ1v) is 9.27. The van der Waals surface area contributed by atoms with Crippen molar-refractivity contribution in [2.75, 3.05) is 16.6 Å². The summed E-state index contributed by atoms with van der Waals surface area (Å²) < 4.78 is 27.1. The van der Waals surface area contributed by atoms with Crippen LogP contribution in [0.4, 0.5) is 10.8 Å². The number of benzene rings is 1. The second kappa shape index (κ2) is 5.65. The molecule has 1 aromatic carbocycles. The van der Waals surface area contributed by atoms with E-state index in [0.717, 1.165) is 30.8 Å². The standard InChI is InChI=1S/C14H17N3O2S2/c1-2-15-11-5-7-12(8-6-11)21(18,19)17-14-16-13(9-20-14)10-3-4-10/h5-10,15H,2-4H2,1H3,(H,16,17). The maximum absolute atomic E-state index is 12.3. The highest BCUT2D eigenvalue weighted by Gasteiger charge is 2.26. The second-order valence-corrected chi connectivity index (χ2v) is 7.55. The highest BCUT2D eigenvalue weighted by Crippen LogP contribution is 2.41. The van der Waals surface area contributed by atoms with Crippen molar-refractivity contribution in [2.24, 2.45) is 0 Å². The second-order valence-electron chi connectivity index (χ2n) is 5.01. The molecule has 21 heavy (non-hydrogen) atoms. The number of rotatable bonds is 6. The number of hydrogen-bond donors (Lipinski definition) is 2. The molecule has 0 atom stereocenters. The lowest BCUT2D eigenvalue weighted by Crippen LogP contribution is -2.12. The molecule has 3 rings (SSSR count). The van der Waals surface area contributed by atoms with Crippen molar-refractivity contribution in [1.29, 1.82) is 0 Å². The van der Waals surface area contributed by atoms with Crippen LogP contribution in [0.25, 0.3) is 0 Å². The Bertz CT molecular complexity index is 719. The molecule has 0 spiro atoms. The first kappa shape index (κ1) is 14.3. The fraction of sp³-hybridized carbons (Fsp3) is 0.357. The van der Waals surface area contributed by atoms with Crippen LogP contribution < -0.4 is 10.0 Å². The van der Waals surface area contributed by atoms with Crippen molar-refractivity contribution in [3.05, 3.63) is 35.3 Å². The minimum Gasteiger partial charge on any atom is -0.385 e. The first-order valence-electron chi connectivity index (χ1n) is 6.90. The Kier molecular flexibility index (Phi) is 3.86. The van der Waals surface area contributed by atoms with Crippen molar-refractivity contribution in [3.63, 3.8) is 0 Å². The third kappa shape index (κ3) is 3.36. The summed E-state index contributed by atoms with van der Waals surface area (Å²) in [5.74, 6) is 0.527. The van der Waals surface area contributed by atoms with Crippen LogP contribution in [0.2, 0.25) is 0 Å². The van der Waals surface area contributed by atoms with Gasteiger partial charge in [0.25, 0.3) is 10.0 Å². The average Bonchev–Trinajstić information content (AvgIpc) is 3.21. The molecule has 2 aromatic rings. The number of aromatic nitrogens is 1. The molecule has 1 aliphatic rings. The average molecular weight is 323 g/mol. The van der Waals surface area contributed by atoms with Gasteiger partial charge in [0.15, 0.2) is 5.13 Å². The summed E-state index contributed by atoms with van der Waals surface area (Å²) in [6.07, 6.45) is 2.31. The minimum atomic E-state index is -3.57. The van der Waals surface area contributed by atoms with Gasteiger partial charge in [-0.1, -0.05) is 0 Å². The molecule has 1 aliphatic carbocycles. The Morgan fingerprint density at radius 2 is 2.00 bits per heavy atom. The van der Waals surface area contributed by atoms with E-state index in [9.17, 15) is 8.42 Å². The van der Waals surface area contributed by atoms with E-state index in [1.54, 1.807) is 24.3 Å². The van der Waals surface area contributed by atoms with Gasteiger partial charge in [-0.3, -0.25) is 4.72 Å².